The maximum Gasteiger partial charge on any atom is 0.407 e. The zero-order chi connectivity index (χ0) is 20.1. The second-order valence-corrected chi connectivity index (χ2v) is 8.28. The molecular formula is C18H31N3O5. The molecule has 1 saturated heterocycles. The SMILES string of the molecule is CC(C)C[C@H](NC(=O)C(C)(C)C)C(=O)NC1CCCN(C(=O)O)CC1=O. The van der Waals surface area contributed by atoms with Crippen LogP contribution >= 0.6 is 0 Å². The van der Waals surface area contributed by atoms with Crippen LogP contribution in [0.4, 0.5) is 4.79 Å². The summed E-state index contributed by atoms with van der Waals surface area (Å²) in [6.07, 6.45) is 0.193. The summed E-state index contributed by atoms with van der Waals surface area (Å²) in [6, 6.07) is -1.46. The number of hydrogen-bond acceptors (Lipinski definition) is 4. The van der Waals surface area contributed by atoms with Crippen molar-refractivity contribution in [1.82, 2.24) is 15.5 Å². The van der Waals surface area contributed by atoms with Gasteiger partial charge in [-0.1, -0.05) is 34.6 Å². The van der Waals surface area contributed by atoms with Gasteiger partial charge in [0.15, 0.2) is 5.78 Å². The van der Waals surface area contributed by atoms with Crippen molar-refractivity contribution in [3.8, 4) is 0 Å². The summed E-state index contributed by atoms with van der Waals surface area (Å²) in [7, 11) is 0. The molecule has 0 radical (unpaired) electrons. The fourth-order valence-electron chi connectivity index (χ4n) is 2.69. The van der Waals surface area contributed by atoms with Crippen LogP contribution in [-0.2, 0) is 14.4 Å². The minimum Gasteiger partial charge on any atom is -0.465 e. The van der Waals surface area contributed by atoms with E-state index in [4.69, 9.17) is 5.11 Å². The maximum atomic E-state index is 12.7. The van der Waals surface area contributed by atoms with Gasteiger partial charge >= 0.3 is 6.09 Å². The summed E-state index contributed by atoms with van der Waals surface area (Å²) in [5.41, 5.74) is -0.629. The lowest BCUT2D eigenvalue weighted by Crippen LogP contribution is -2.54. The molecule has 1 aliphatic rings. The zero-order valence-corrected chi connectivity index (χ0v) is 16.3. The van der Waals surface area contributed by atoms with E-state index in [9.17, 15) is 19.2 Å². The molecule has 0 bridgehead atoms. The lowest BCUT2D eigenvalue weighted by Gasteiger charge is -2.26. The summed E-state index contributed by atoms with van der Waals surface area (Å²) in [6.45, 7) is 9.23. The minimum atomic E-state index is -1.14. The predicted molar refractivity (Wildman–Crippen MR) is 96.6 cm³/mol. The molecule has 0 aromatic rings. The van der Waals surface area contributed by atoms with E-state index in [1.807, 2.05) is 13.8 Å². The lowest BCUT2D eigenvalue weighted by molar-refractivity contribution is -0.134. The molecule has 0 aliphatic carbocycles. The van der Waals surface area contributed by atoms with E-state index in [-0.39, 0.29) is 30.7 Å². The van der Waals surface area contributed by atoms with Crippen LogP contribution in [0.15, 0.2) is 0 Å². The number of ketones is 1. The van der Waals surface area contributed by atoms with Gasteiger partial charge in [0, 0.05) is 12.0 Å². The highest BCUT2D eigenvalue weighted by Crippen LogP contribution is 2.15. The number of nitrogens with zero attached hydrogens (tertiary/aromatic N) is 1. The first-order valence-corrected chi connectivity index (χ1v) is 9.03. The molecule has 0 aromatic heterocycles. The topological polar surface area (TPSA) is 116 Å². The average molecular weight is 369 g/mol. The third kappa shape index (κ3) is 6.65. The number of carbonyl (C=O) groups is 4. The van der Waals surface area contributed by atoms with Gasteiger partial charge < -0.3 is 20.6 Å². The Morgan fingerprint density at radius 3 is 2.38 bits per heavy atom. The first-order chi connectivity index (χ1) is 11.9. The number of rotatable bonds is 5. The van der Waals surface area contributed by atoms with Crippen LogP contribution in [-0.4, -0.2) is 58.9 Å². The molecule has 1 aliphatic heterocycles. The Kier molecular flexibility index (Phi) is 7.59. The molecule has 1 fully saturated rings. The molecule has 1 unspecified atom stereocenters. The van der Waals surface area contributed by atoms with E-state index >= 15 is 0 Å². The van der Waals surface area contributed by atoms with E-state index in [1.165, 1.54) is 0 Å². The number of carboxylic acid groups (broad SMARTS) is 1. The summed E-state index contributed by atoms with van der Waals surface area (Å²) >= 11 is 0. The van der Waals surface area contributed by atoms with Crippen LogP contribution in [0.5, 0.6) is 0 Å². The first-order valence-electron chi connectivity index (χ1n) is 9.03. The van der Waals surface area contributed by atoms with Gasteiger partial charge in [-0.2, -0.15) is 0 Å². The fraction of sp³-hybridized carbons (Fsp3) is 0.778. The van der Waals surface area contributed by atoms with Crippen molar-refractivity contribution in [2.24, 2.45) is 11.3 Å². The highest BCUT2D eigenvalue weighted by molar-refractivity contribution is 5.95. The smallest absolute Gasteiger partial charge is 0.407 e. The average Bonchev–Trinajstić information content (AvgIpc) is 2.67. The largest absolute Gasteiger partial charge is 0.465 e. The van der Waals surface area contributed by atoms with Crippen LogP contribution in [0.3, 0.4) is 0 Å². The molecule has 8 nitrogen and oxygen atoms in total. The second kappa shape index (κ2) is 9.00. The lowest BCUT2D eigenvalue weighted by atomic mass is 9.94. The van der Waals surface area contributed by atoms with Gasteiger partial charge in [-0.15, -0.1) is 0 Å². The summed E-state index contributed by atoms with van der Waals surface area (Å²) < 4.78 is 0. The van der Waals surface area contributed by atoms with Gasteiger partial charge in [0.1, 0.15) is 6.04 Å². The third-order valence-electron chi connectivity index (χ3n) is 4.25. The molecule has 0 saturated carbocycles. The van der Waals surface area contributed by atoms with Crippen LogP contribution in [0, 0.1) is 11.3 Å². The molecule has 1 rings (SSSR count). The normalized spacial score (nSPS) is 19.7. The Labute approximate surface area is 154 Å². The molecule has 148 valence electrons. The Morgan fingerprint density at radius 1 is 1.27 bits per heavy atom. The van der Waals surface area contributed by atoms with Crippen LogP contribution < -0.4 is 10.6 Å². The monoisotopic (exact) mass is 369 g/mol. The Balaban J connectivity index is 2.80. The molecular weight excluding hydrogens is 338 g/mol. The quantitative estimate of drug-likeness (QED) is 0.677. The van der Waals surface area contributed by atoms with Gasteiger partial charge in [-0.05, 0) is 25.2 Å². The maximum absolute atomic E-state index is 12.7. The third-order valence-corrected chi connectivity index (χ3v) is 4.25. The van der Waals surface area contributed by atoms with Crippen molar-refractivity contribution in [2.75, 3.05) is 13.1 Å². The highest BCUT2D eigenvalue weighted by atomic mass is 16.4. The molecule has 0 spiro atoms. The van der Waals surface area contributed by atoms with Gasteiger partial charge in [0.05, 0.1) is 12.6 Å². The predicted octanol–water partition coefficient (Wildman–Crippen LogP) is 1.39. The molecule has 8 heteroatoms. The Bertz CT molecular complexity index is 554. The van der Waals surface area contributed by atoms with E-state index in [1.54, 1.807) is 20.8 Å². The molecule has 1 heterocycles. The van der Waals surface area contributed by atoms with E-state index in [0.717, 1.165) is 4.90 Å². The molecule has 26 heavy (non-hydrogen) atoms. The Hall–Kier alpha value is -2.12. The van der Waals surface area contributed by atoms with Gasteiger partial charge in [0.25, 0.3) is 0 Å². The molecule has 0 aromatic carbocycles. The molecule has 2 atom stereocenters. The number of nitrogens with one attached hydrogen (secondary N) is 2. The van der Waals surface area contributed by atoms with Crippen molar-refractivity contribution in [3.05, 3.63) is 0 Å². The van der Waals surface area contributed by atoms with Crippen LogP contribution in [0.1, 0.15) is 53.9 Å². The summed E-state index contributed by atoms with van der Waals surface area (Å²) in [5, 5.41) is 14.5. The Morgan fingerprint density at radius 2 is 1.88 bits per heavy atom. The van der Waals surface area contributed by atoms with Gasteiger partial charge in [0.2, 0.25) is 11.8 Å². The standard InChI is InChI=1S/C18H31N3O5/c1-11(2)9-13(20-16(24)18(3,4)5)15(23)19-12-7-6-8-21(17(25)26)10-14(12)22/h11-13H,6-10H2,1-5H3,(H,19,23)(H,20,24)(H,25,26)/t12?,13-/m0/s1. The van der Waals surface area contributed by atoms with Crippen molar-refractivity contribution in [1.29, 1.82) is 0 Å². The number of hydrogen-bond donors (Lipinski definition) is 3. The van der Waals surface area contributed by atoms with Crippen molar-refractivity contribution >= 4 is 23.7 Å². The fourth-order valence-corrected chi connectivity index (χ4v) is 2.69. The van der Waals surface area contributed by atoms with Crippen LogP contribution in [0.2, 0.25) is 0 Å². The number of carbonyl (C=O) groups excluding carboxylic acids is 3. The van der Waals surface area contributed by atoms with Gasteiger partial charge in [-0.3, -0.25) is 14.4 Å². The summed E-state index contributed by atoms with van der Waals surface area (Å²) in [4.78, 5) is 49.3. The van der Waals surface area contributed by atoms with Crippen molar-refractivity contribution < 1.29 is 24.3 Å². The van der Waals surface area contributed by atoms with Gasteiger partial charge in [-0.25, -0.2) is 4.79 Å². The summed E-state index contributed by atoms with van der Waals surface area (Å²) in [5.74, 6) is -0.789. The highest BCUT2D eigenvalue weighted by Gasteiger charge is 2.32. The van der Waals surface area contributed by atoms with Crippen molar-refractivity contribution in [2.45, 2.75) is 66.0 Å². The van der Waals surface area contributed by atoms with E-state index < -0.39 is 29.5 Å². The number of Topliss-reactive ketones (excluding diaryl/α,β-unsaturated/α-hetero) is 1. The molecule has 3 N–H and O–H groups in total. The zero-order valence-electron chi connectivity index (χ0n) is 16.3. The molecule has 3 amide bonds. The van der Waals surface area contributed by atoms with E-state index in [0.29, 0.717) is 19.3 Å². The number of likely N-dealkylation sites (tertiary alicyclic amines) is 1. The minimum absolute atomic E-state index is 0.179. The van der Waals surface area contributed by atoms with E-state index in [2.05, 4.69) is 10.6 Å². The first kappa shape index (κ1) is 21.9. The second-order valence-electron chi connectivity index (χ2n) is 8.28. The van der Waals surface area contributed by atoms with Crippen LogP contribution in [0.25, 0.3) is 0 Å². The number of amides is 3. The van der Waals surface area contributed by atoms with Crippen molar-refractivity contribution in [3.63, 3.8) is 0 Å².